The topological polar surface area (TPSA) is 51.8 Å². The summed E-state index contributed by atoms with van der Waals surface area (Å²) in [6.45, 7) is 1.86. The first kappa shape index (κ1) is 8.81. The number of nitrogens with two attached hydrogens (primary N) is 1. The van der Waals surface area contributed by atoms with E-state index < -0.39 is 0 Å². The van der Waals surface area contributed by atoms with Gasteiger partial charge >= 0.3 is 0 Å². The van der Waals surface area contributed by atoms with Gasteiger partial charge in [0.25, 0.3) is 0 Å². The van der Waals surface area contributed by atoms with Crippen molar-refractivity contribution in [1.29, 1.82) is 0 Å². The Morgan fingerprint density at radius 2 is 2.44 bits per heavy atom. The molecule has 5 heteroatoms. The molecule has 1 aromatic heterocycles. The normalized spacial score (nSPS) is 12.2. The van der Waals surface area contributed by atoms with E-state index in [2.05, 4.69) is 9.36 Å². The van der Waals surface area contributed by atoms with Crippen molar-refractivity contribution in [3.63, 3.8) is 0 Å². The number of aromatic nitrogens is 2. The fourth-order valence-corrected chi connectivity index (χ4v) is 0.903. The zero-order valence-corrected chi connectivity index (χ0v) is 6.58. The Balaban J connectivity index is 0.000000640. The average Bonchev–Trinajstić information content (AvgIpc) is 2.12. The van der Waals surface area contributed by atoms with Gasteiger partial charge < -0.3 is 5.73 Å². The number of hydrogen-bond acceptors (Lipinski definition) is 4. The summed E-state index contributed by atoms with van der Waals surface area (Å²) in [5, 5.41) is 0. The first-order valence-electron chi connectivity index (χ1n) is 2.32. The summed E-state index contributed by atoms with van der Waals surface area (Å²) in [5.41, 5.74) is 7.12. The van der Waals surface area contributed by atoms with Gasteiger partial charge in [-0.15, -0.1) is 12.4 Å². The van der Waals surface area contributed by atoms with Crippen molar-refractivity contribution in [1.82, 2.24) is 9.36 Å². The van der Waals surface area contributed by atoms with Gasteiger partial charge in [0, 0.05) is 0 Å². The highest BCUT2D eigenvalue weighted by Crippen LogP contribution is 2.02. The molecule has 0 amide bonds. The van der Waals surface area contributed by atoms with Gasteiger partial charge in [0.15, 0.2) is 5.82 Å². The van der Waals surface area contributed by atoms with Crippen molar-refractivity contribution in [3.05, 3.63) is 11.3 Å². The van der Waals surface area contributed by atoms with Crippen LogP contribution in [0.5, 0.6) is 0 Å². The van der Waals surface area contributed by atoms with Gasteiger partial charge in [0.05, 0.1) is 6.04 Å². The fourth-order valence-electron chi connectivity index (χ4n) is 0.379. The quantitative estimate of drug-likeness (QED) is 0.675. The fraction of sp³-hybridized carbons (Fsp3) is 0.500. The lowest BCUT2D eigenvalue weighted by Crippen LogP contribution is -2.06. The summed E-state index contributed by atoms with van der Waals surface area (Å²) in [6, 6.07) is -0.0266. The van der Waals surface area contributed by atoms with Gasteiger partial charge in [0.2, 0.25) is 0 Å². The highest BCUT2D eigenvalue weighted by Gasteiger charge is 1.99. The third-order valence-electron chi connectivity index (χ3n) is 0.786. The van der Waals surface area contributed by atoms with E-state index in [9.17, 15) is 0 Å². The average molecular weight is 166 g/mol. The SMILES string of the molecule is CC(N)c1ncsn1.Cl. The van der Waals surface area contributed by atoms with Gasteiger partial charge in [0.1, 0.15) is 5.51 Å². The van der Waals surface area contributed by atoms with E-state index in [4.69, 9.17) is 5.73 Å². The first-order chi connectivity index (χ1) is 3.80. The van der Waals surface area contributed by atoms with Crippen molar-refractivity contribution in [3.8, 4) is 0 Å². The van der Waals surface area contributed by atoms with E-state index in [1.165, 1.54) is 11.5 Å². The Hall–Kier alpha value is -0.190. The molecule has 1 atom stereocenters. The Morgan fingerprint density at radius 3 is 2.67 bits per heavy atom. The van der Waals surface area contributed by atoms with Crippen LogP contribution in [0, 0.1) is 0 Å². The van der Waals surface area contributed by atoms with Gasteiger partial charge in [-0.25, -0.2) is 4.98 Å². The largest absolute Gasteiger partial charge is 0.322 e. The molecule has 3 nitrogen and oxygen atoms in total. The molecule has 0 aliphatic rings. The van der Waals surface area contributed by atoms with E-state index in [1.807, 2.05) is 6.92 Å². The molecule has 0 fully saturated rings. The van der Waals surface area contributed by atoms with E-state index in [1.54, 1.807) is 5.51 Å². The standard InChI is InChI=1S/C4H7N3S.ClH/c1-3(5)4-6-2-8-7-4;/h2-3H,5H2,1H3;1H. The predicted molar refractivity (Wildman–Crippen MR) is 39.8 cm³/mol. The Bertz CT molecular complexity index is 151. The van der Waals surface area contributed by atoms with Crippen molar-refractivity contribution in [2.24, 2.45) is 5.73 Å². The van der Waals surface area contributed by atoms with Gasteiger partial charge in [-0.2, -0.15) is 4.37 Å². The van der Waals surface area contributed by atoms with E-state index >= 15 is 0 Å². The van der Waals surface area contributed by atoms with Crippen LogP contribution in [0.25, 0.3) is 0 Å². The van der Waals surface area contributed by atoms with Crippen LogP contribution in [-0.4, -0.2) is 9.36 Å². The van der Waals surface area contributed by atoms with Crippen LogP contribution >= 0.6 is 23.9 Å². The Kier molecular flexibility index (Phi) is 3.68. The molecule has 0 aliphatic carbocycles. The summed E-state index contributed by atoms with van der Waals surface area (Å²) in [6.07, 6.45) is 0. The van der Waals surface area contributed by atoms with E-state index in [-0.39, 0.29) is 18.4 Å². The maximum Gasteiger partial charge on any atom is 0.158 e. The van der Waals surface area contributed by atoms with Crippen LogP contribution in [-0.2, 0) is 0 Å². The van der Waals surface area contributed by atoms with Crippen LogP contribution in [0.1, 0.15) is 18.8 Å². The highest BCUT2D eigenvalue weighted by molar-refractivity contribution is 7.03. The molecule has 1 aromatic rings. The van der Waals surface area contributed by atoms with Crippen LogP contribution < -0.4 is 5.73 Å². The van der Waals surface area contributed by atoms with Crippen LogP contribution in [0.2, 0.25) is 0 Å². The molecular weight excluding hydrogens is 158 g/mol. The lowest BCUT2D eigenvalue weighted by molar-refractivity contribution is 0.760. The first-order valence-corrected chi connectivity index (χ1v) is 3.16. The number of hydrogen-bond donors (Lipinski definition) is 1. The second-order valence-corrected chi connectivity index (χ2v) is 2.18. The maximum absolute atomic E-state index is 5.44. The maximum atomic E-state index is 5.44. The number of halogens is 1. The summed E-state index contributed by atoms with van der Waals surface area (Å²) >= 11 is 1.33. The zero-order valence-electron chi connectivity index (χ0n) is 4.94. The van der Waals surface area contributed by atoms with Gasteiger partial charge in [-0.1, -0.05) is 0 Å². The molecule has 0 aliphatic heterocycles. The molecule has 0 spiro atoms. The van der Waals surface area contributed by atoms with Crippen molar-refractivity contribution in [2.45, 2.75) is 13.0 Å². The molecule has 0 saturated heterocycles. The Morgan fingerprint density at radius 1 is 1.78 bits per heavy atom. The third-order valence-corrected chi connectivity index (χ3v) is 1.28. The molecule has 9 heavy (non-hydrogen) atoms. The molecule has 1 unspecified atom stereocenters. The second-order valence-electron chi connectivity index (χ2n) is 1.58. The van der Waals surface area contributed by atoms with Gasteiger partial charge in [-0.05, 0) is 18.5 Å². The smallest absolute Gasteiger partial charge is 0.158 e. The number of nitrogens with zero attached hydrogens (tertiary/aromatic N) is 2. The Labute approximate surface area is 63.9 Å². The highest BCUT2D eigenvalue weighted by atomic mass is 35.5. The zero-order chi connectivity index (χ0) is 5.98. The molecule has 0 bridgehead atoms. The van der Waals surface area contributed by atoms with Crippen LogP contribution in [0.4, 0.5) is 0 Å². The molecule has 0 saturated carbocycles. The van der Waals surface area contributed by atoms with Crippen LogP contribution in [0.3, 0.4) is 0 Å². The van der Waals surface area contributed by atoms with Crippen LogP contribution in [0.15, 0.2) is 5.51 Å². The predicted octanol–water partition coefficient (Wildman–Crippen LogP) is 0.980. The molecule has 1 heterocycles. The molecular formula is C4H8ClN3S. The van der Waals surface area contributed by atoms with E-state index in [0.717, 1.165) is 5.82 Å². The summed E-state index contributed by atoms with van der Waals surface area (Å²) in [5.74, 6) is 0.731. The minimum absolute atomic E-state index is 0. The molecule has 0 radical (unpaired) electrons. The molecule has 1 rings (SSSR count). The monoisotopic (exact) mass is 165 g/mol. The lowest BCUT2D eigenvalue weighted by Gasteiger charge is -1.93. The summed E-state index contributed by atoms with van der Waals surface area (Å²) in [4.78, 5) is 3.90. The minimum Gasteiger partial charge on any atom is -0.322 e. The second kappa shape index (κ2) is 3.76. The summed E-state index contributed by atoms with van der Waals surface area (Å²) in [7, 11) is 0. The van der Waals surface area contributed by atoms with Crippen molar-refractivity contribution >= 4 is 23.9 Å². The van der Waals surface area contributed by atoms with E-state index in [0.29, 0.717) is 0 Å². The minimum atomic E-state index is -0.0266. The molecule has 2 N–H and O–H groups in total. The van der Waals surface area contributed by atoms with Crippen molar-refractivity contribution < 1.29 is 0 Å². The molecule has 52 valence electrons. The third kappa shape index (κ3) is 2.26. The number of rotatable bonds is 1. The van der Waals surface area contributed by atoms with Gasteiger partial charge in [-0.3, -0.25) is 0 Å². The lowest BCUT2D eigenvalue weighted by atomic mass is 10.4. The van der Waals surface area contributed by atoms with Crippen molar-refractivity contribution in [2.75, 3.05) is 0 Å². The summed E-state index contributed by atoms with van der Waals surface area (Å²) < 4.78 is 3.92. The molecule has 0 aromatic carbocycles.